The van der Waals surface area contributed by atoms with Gasteiger partial charge in [-0.25, -0.2) is 13.9 Å². The Bertz CT molecular complexity index is 894. The molecule has 4 rings (SSSR count). The van der Waals surface area contributed by atoms with Crippen LogP contribution in [0.1, 0.15) is 6.42 Å². The fraction of sp³-hybridized carbons (Fsp3) is 0.333. The molecule has 1 aliphatic rings. The maximum atomic E-state index is 14.4. The van der Waals surface area contributed by atoms with Gasteiger partial charge in [0.2, 0.25) is 0 Å². The van der Waals surface area contributed by atoms with Gasteiger partial charge in [-0.05, 0) is 37.2 Å². The second kappa shape index (κ2) is 6.68. The third-order valence-electron chi connectivity index (χ3n) is 4.37. The average Bonchev–Trinajstić information content (AvgIpc) is 3.04. The minimum absolute atomic E-state index is 0.315. The third-order valence-corrected chi connectivity index (χ3v) is 4.37. The molecule has 0 unspecified atom stereocenters. The van der Waals surface area contributed by atoms with Crippen molar-refractivity contribution in [1.82, 2.24) is 19.9 Å². The lowest BCUT2D eigenvalue weighted by atomic mass is 10.1. The van der Waals surface area contributed by atoms with E-state index in [1.807, 2.05) is 19.3 Å². The molecule has 0 fully saturated rings. The van der Waals surface area contributed by atoms with Gasteiger partial charge in [-0.15, -0.1) is 0 Å². The van der Waals surface area contributed by atoms with Crippen LogP contribution in [0.5, 0.6) is 5.75 Å². The van der Waals surface area contributed by atoms with Crippen LogP contribution < -0.4 is 15.0 Å². The molecule has 0 saturated carbocycles. The van der Waals surface area contributed by atoms with E-state index in [2.05, 4.69) is 15.3 Å². The number of nitrogens with zero attached hydrogens (tertiary/aromatic N) is 4. The van der Waals surface area contributed by atoms with Crippen LogP contribution >= 0.6 is 0 Å². The van der Waals surface area contributed by atoms with Gasteiger partial charge in [-0.3, -0.25) is 0 Å². The number of fused-ring (bicyclic) bond motifs is 4. The summed E-state index contributed by atoms with van der Waals surface area (Å²) < 4.78 is 21.8. The molecule has 7 heteroatoms. The van der Waals surface area contributed by atoms with Crippen LogP contribution in [0.3, 0.4) is 0 Å². The molecule has 0 radical (unpaired) electrons. The summed E-state index contributed by atoms with van der Waals surface area (Å²) in [6.45, 7) is 3.07. The predicted molar refractivity (Wildman–Crippen MR) is 94.6 cm³/mol. The first-order chi connectivity index (χ1) is 12.2. The number of ether oxygens (including phenoxy) is 1. The topological polar surface area (TPSA) is 54.7 Å². The predicted octanol–water partition coefficient (Wildman–Crippen LogP) is 2.34. The summed E-state index contributed by atoms with van der Waals surface area (Å²) in [5, 5.41) is 7.66. The molecular weight excluding hydrogens is 321 g/mol. The van der Waals surface area contributed by atoms with Gasteiger partial charge < -0.3 is 15.0 Å². The molecule has 0 amide bonds. The number of rotatable bonds is 0. The van der Waals surface area contributed by atoms with Crippen LogP contribution in [0.2, 0.25) is 0 Å². The van der Waals surface area contributed by atoms with Crippen LogP contribution in [0, 0.1) is 5.82 Å². The first-order valence-corrected chi connectivity index (χ1v) is 8.41. The number of anilines is 1. The van der Waals surface area contributed by atoms with Gasteiger partial charge in [-0.1, -0.05) is 0 Å². The van der Waals surface area contributed by atoms with Crippen LogP contribution in [0.15, 0.2) is 36.7 Å². The molecule has 25 heavy (non-hydrogen) atoms. The van der Waals surface area contributed by atoms with Gasteiger partial charge in [0.1, 0.15) is 24.0 Å². The molecule has 3 heterocycles. The Labute approximate surface area is 145 Å². The summed E-state index contributed by atoms with van der Waals surface area (Å²) in [6.07, 6.45) is 4.50. The molecule has 1 aromatic carbocycles. The number of halogens is 1. The number of hydrogen-bond acceptors (Lipinski definition) is 5. The lowest BCUT2D eigenvalue weighted by molar-refractivity contribution is 0.313. The Balaban J connectivity index is 1.85. The summed E-state index contributed by atoms with van der Waals surface area (Å²) in [4.78, 5) is 6.80. The van der Waals surface area contributed by atoms with E-state index in [1.165, 1.54) is 6.07 Å². The Morgan fingerprint density at radius 1 is 1.20 bits per heavy atom. The highest BCUT2D eigenvalue weighted by Crippen LogP contribution is 2.30. The van der Waals surface area contributed by atoms with Gasteiger partial charge in [0.05, 0.1) is 6.20 Å². The Morgan fingerprint density at radius 2 is 2.12 bits per heavy atom. The van der Waals surface area contributed by atoms with Crippen molar-refractivity contribution < 1.29 is 9.13 Å². The molecule has 0 aliphatic carbocycles. The van der Waals surface area contributed by atoms with E-state index in [4.69, 9.17) is 9.72 Å². The van der Waals surface area contributed by atoms with Crippen molar-refractivity contribution in [3.05, 3.63) is 42.5 Å². The average molecular weight is 341 g/mol. The number of nitrogens with one attached hydrogen (secondary N) is 1. The second-order valence-electron chi connectivity index (χ2n) is 6.13. The van der Waals surface area contributed by atoms with Crippen molar-refractivity contribution in [1.29, 1.82) is 0 Å². The Hall–Kier alpha value is -2.67. The fourth-order valence-corrected chi connectivity index (χ4v) is 2.98. The van der Waals surface area contributed by atoms with Gasteiger partial charge in [0.15, 0.2) is 5.65 Å². The van der Waals surface area contributed by atoms with E-state index in [0.29, 0.717) is 29.1 Å². The molecular formula is C18H20FN5O. The summed E-state index contributed by atoms with van der Waals surface area (Å²) in [5.74, 6) is 1.17. The van der Waals surface area contributed by atoms with Gasteiger partial charge >= 0.3 is 0 Å². The molecule has 1 N–H and O–H groups in total. The molecule has 6 nitrogen and oxygen atoms in total. The maximum Gasteiger partial charge on any atom is 0.165 e. The maximum absolute atomic E-state index is 14.4. The normalized spacial score (nSPS) is 15.7. The molecule has 1 aliphatic heterocycles. The minimum Gasteiger partial charge on any atom is -0.492 e. The highest BCUT2D eigenvalue weighted by Gasteiger charge is 2.15. The SMILES string of the molecule is CN1CCCNCCOc2ccc(F)c(c2)-c2cnn3ccc1nc23. The monoisotopic (exact) mass is 341 g/mol. The van der Waals surface area contributed by atoms with Gasteiger partial charge in [-0.2, -0.15) is 5.10 Å². The van der Waals surface area contributed by atoms with Crippen LogP contribution in [0.25, 0.3) is 16.8 Å². The number of benzene rings is 1. The van der Waals surface area contributed by atoms with Gasteiger partial charge in [0, 0.05) is 37.5 Å². The zero-order chi connectivity index (χ0) is 17.2. The third kappa shape index (κ3) is 3.15. The van der Waals surface area contributed by atoms with E-state index in [0.717, 1.165) is 31.9 Å². The van der Waals surface area contributed by atoms with Gasteiger partial charge in [0.25, 0.3) is 0 Å². The van der Waals surface area contributed by atoms with Crippen molar-refractivity contribution in [2.45, 2.75) is 6.42 Å². The van der Waals surface area contributed by atoms with E-state index in [-0.39, 0.29) is 5.82 Å². The van der Waals surface area contributed by atoms with Crippen molar-refractivity contribution in [2.75, 3.05) is 38.2 Å². The Kier molecular flexibility index (Phi) is 4.23. The number of aromatic nitrogens is 3. The van der Waals surface area contributed by atoms with E-state index < -0.39 is 0 Å². The smallest absolute Gasteiger partial charge is 0.165 e. The van der Waals surface area contributed by atoms with Crippen molar-refractivity contribution >= 4 is 11.5 Å². The van der Waals surface area contributed by atoms with Crippen molar-refractivity contribution in [2.24, 2.45) is 0 Å². The zero-order valence-electron chi connectivity index (χ0n) is 14.1. The van der Waals surface area contributed by atoms with Crippen LogP contribution in [0.4, 0.5) is 10.2 Å². The summed E-state index contributed by atoms with van der Waals surface area (Å²) in [7, 11) is 2.01. The summed E-state index contributed by atoms with van der Waals surface area (Å²) in [5.41, 5.74) is 1.74. The summed E-state index contributed by atoms with van der Waals surface area (Å²) >= 11 is 0. The lowest BCUT2D eigenvalue weighted by Gasteiger charge is -2.18. The largest absolute Gasteiger partial charge is 0.492 e. The van der Waals surface area contributed by atoms with Crippen molar-refractivity contribution in [3.8, 4) is 16.9 Å². The quantitative estimate of drug-likeness (QED) is 0.680. The molecule has 0 spiro atoms. The highest BCUT2D eigenvalue weighted by molar-refractivity contribution is 5.78. The fourth-order valence-electron chi connectivity index (χ4n) is 2.98. The molecule has 3 aromatic rings. The molecule has 2 aromatic heterocycles. The standard InChI is InChI=1S/C18H20FN5O/c1-23-8-2-6-20-7-10-25-13-3-4-16(19)14(11-13)15-12-21-24-9-5-17(23)22-18(15)24/h3-5,9,11-12,20H,2,6-8,10H2,1H3. The molecule has 4 bridgehead atoms. The first kappa shape index (κ1) is 15.8. The molecule has 130 valence electrons. The lowest BCUT2D eigenvalue weighted by Crippen LogP contribution is -2.27. The minimum atomic E-state index is -0.315. The van der Waals surface area contributed by atoms with E-state index in [9.17, 15) is 4.39 Å². The van der Waals surface area contributed by atoms with E-state index in [1.54, 1.807) is 22.8 Å². The van der Waals surface area contributed by atoms with E-state index >= 15 is 0 Å². The zero-order valence-corrected chi connectivity index (χ0v) is 14.1. The van der Waals surface area contributed by atoms with Crippen LogP contribution in [-0.4, -0.2) is 47.9 Å². The second-order valence-corrected chi connectivity index (χ2v) is 6.13. The Morgan fingerprint density at radius 3 is 3.04 bits per heavy atom. The first-order valence-electron chi connectivity index (χ1n) is 8.41. The molecule has 0 atom stereocenters. The van der Waals surface area contributed by atoms with Crippen molar-refractivity contribution in [3.63, 3.8) is 0 Å². The number of hydrogen-bond donors (Lipinski definition) is 1. The molecule has 0 saturated heterocycles. The van der Waals surface area contributed by atoms with Crippen LogP contribution in [-0.2, 0) is 0 Å². The highest BCUT2D eigenvalue weighted by atomic mass is 19.1. The summed E-state index contributed by atoms with van der Waals surface area (Å²) in [6, 6.07) is 6.71.